The molecule has 0 bridgehead atoms. The van der Waals surface area contributed by atoms with Crippen LogP contribution >= 0.6 is 0 Å². The number of nitrogens with zero attached hydrogens (tertiary/aromatic N) is 4. The Hall–Kier alpha value is -2.66. The Morgan fingerprint density at radius 1 is 1.35 bits per heavy atom. The number of carbonyl (C=O) groups is 2. The number of aromatic nitrogens is 1. The van der Waals surface area contributed by atoms with Crippen molar-refractivity contribution >= 4 is 17.8 Å². The quantitative estimate of drug-likeness (QED) is 0.809. The fourth-order valence-electron chi connectivity index (χ4n) is 2.44. The molecule has 0 saturated carbocycles. The molecule has 2 N–H and O–H groups in total. The van der Waals surface area contributed by atoms with Gasteiger partial charge < -0.3 is 10.2 Å². The Labute approximate surface area is 135 Å². The number of amides is 3. The van der Waals surface area contributed by atoms with Gasteiger partial charge >= 0.3 is 6.03 Å². The topological polar surface area (TPSA) is 101 Å². The minimum absolute atomic E-state index is 0.317. The first kappa shape index (κ1) is 16.7. The molecule has 0 unspecified atom stereocenters. The molecule has 0 radical (unpaired) electrons. The molecule has 1 aliphatic heterocycles. The lowest BCUT2D eigenvalue weighted by Crippen LogP contribution is -2.55. The third-order valence-electron chi connectivity index (χ3n) is 3.90. The molecule has 1 aliphatic rings. The number of urea groups is 1. The highest BCUT2D eigenvalue weighted by molar-refractivity contribution is 5.96. The Kier molecular flexibility index (Phi) is 5.49. The number of carbonyl (C=O) groups excluding carboxylic acids is 2. The van der Waals surface area contributed by atoms with Crippen molar-refractivity contribution in [3.05, 3.63) is 23.9 Å². The zero-order valence-electron chi connectivity index (χ0n) is 13.2. The van der Waals surface area contributed by atoms with Crippen LogP contribution in [0, 0.1) is 11.3 Å². The smallest absolute Gasteiger partial charge is 0.321 e. The zero-order chi connectivity index (χ0) is 16.8. The van der Waals surface area contributed by atoms with Crippen LogP contribution in [0.25, 0.3) is 0 Å². The van der Waals surface area contributed by atoms with Crippen LogP contribution in [0.3, 0.4) is 0 Å². The van der Waals surface area contributed by atoms with E-state index in [-0.39, 0.29) is 11.9 Å². The summed E-state index contributed by atoms with van der Waals surface area (Å²) >= 11 is 0. The molecule has 2 rings (SSSR count). The average molecular weight is 316 g/mol. The molecule has 1 fully saturated rings. The lowest BCUT2D eigenvalue weighted by molar-refractivity contribution is -0.124. The normalized spacial score (nSPS) is 16.3. The summed E-state index contributed by atoms with van der Waals surface area (Å²) in [7, 11) is 1.47. The number of imide groups is 1. The highest BCUT2D eigenvalue weighted by Crippen LogP contribution is 2.15. The van der Waals surface area contributed by atoms with Crippen molar-refractivity contribution in [1.82, 2.24) is 20.5 Å². The van der Waals surface area contributed by atoms with E-state index in [1.54, 1.807) is 25.3 Å². The molecule has 1 atom stereocenters. The van der Waals surface area contributed by atoms with E-state index in [0.717, 1.165) is 5.82 Å². The van der Waals surface area contributed by atoms with E-state index in [1.807, 2.05) is 4.90 Å². The maximum Gasteiger partial charge on any atom is 0.321 e. The second kappa shape index (κ2) is 7.56. The second-order valence-electron chi connectivity index (χ2n) is 5.28. The number of hydrogen-bond acceptors (Lipinski definition) is 6. The van der Waals surface area contributed by atoms with Gasteiger partial charge in [0.2, 0.25) is 5.91 Å². The number of pyridine rings is 1. The molecule has 1 aromatic rings. The van der Waals surface area contributed by atoms with Gasteiger partial charge in [0.25, 0.3) is 0 Å². The predicted molar refractivity (Wildman–Crippen MR) is 84.8 cm³/mol. The van der Waals surface area contributed by atoms with E-state index >= 15 is 0 Å². The molecule has 0 spiro atoms. The summed E-state index contributed by atoms with van der Waals surface area (Å²) < 4.78 is 0. The molecule has 0 aromatic carbocycles. The van der Waals surface area contributed by atoms with Crippen molar-refractivity contribution < 1.29 is 9.59 Å². The van der Waals surface area contributed by atoms with Crippen LogP contribution in [-0.2, 0) is 4.79 Å². The van der Waals surface area contributed by atoms with Gasteiger partial charge in [-0.25, -0.2) is 9.78 Å². The first-order valence-electron chi connectivity index (χ1n) is 7.43. The SMILES string of the molecule is CNC(=O)NC(=O)[C@@H](C)N1CCN(c2cc(C#N)ccn2)CC1. The van der Waals surface area contributed by atoms with Gasteiger partial charge in [0.1, 0.15) is 5.82 Å². The summed E-state index contributed by atoms with van der Waals surface area (Å²) in [5.41, 5.74) is 0.579. The minimum atomic E-state index is -0.502. The maximum atomic E-state index is 12.0. The first-order chi connectivity index (χ1) is 11.0. The van der Waals surface area contributed by atoms with Crippen molar-refractivity contribution in [2.45, 2.75) is 13.0 Å². The number of nitrogens with one attached hydrogen (secondary N) is 2. The van der Waals surface area contributed by atoms with Crippen molar-refractivity contribution in [2.75, 3.05) is 38.1 Å². The van der Waals surface area contributed by atoms with E-state index < -0.39 is 6.03 Å². The number of nitriles is 1. The van der Waals surface area contributed by atoms with E-state index in [2.05, 4.69) is 26.6 Å². The number of rotatable bonds is 3. The Morgan fingerprint density at radius 2 is 2.04 bits per heavy atom. The fraction of sp³-hybridized carbons (Fsp3) is 0.467. The Balaban J connectivity index is 1.91. The number of piperazine rings is 1. The highest BCUT2D eigenvalue weighted by atomic mass is 16.2. The second-order valence-corrected chi connectivity index (χ2v) is 5.28. The summed E-state index contributed by atoms with van der Waals surface area (Å²) in [4.78, 5) is 31.6. The van der Waals surface area contributed by atoms with Crippen molar-refractivity contribution in [3.8, 4) is 6.07 Å². The average Bonchev–Trinajstić information content (AvgIpc) is 2.61. The molecule has 0 aliphatic carbocycles. The summed E-state index contributed by atoms with van der Waals surface area (Å²) in [6, 6.07) is 4.65. The summed E-state index contributed by atoms with van der Waals surface area (Å²) in [5, 5.41) is 13.6. The van der Waals surface area contributed by atoms with Crippen LogP contribution in [0.2, 0.25) is 0 Å². The van der Waals surface area contributed by atoms with Gasteiger partial charge in [-0.1, -0.05) is 0 Å². The first-order valence-corrected chi connectivity index (χ1v) is 7.43. The van der Waals surface area contributed by atoms with E-state index in [1.165, 1.54) is 7.05 Å². The van der Waals surface area contributed by atoms with Crippen LogP contribution in [-0.4, -0.2) is 61.1 Å². The molecule has 8 nitrogen and oxygen atoms in total. The van der Waals surface area contributed by atoms with E-state index in [9.17, 15) is 9.59 Å². The van der Waals surface area contributed by atoms with Gasteiger partial charge in [-0.3, -0.25) is 15.0 Å². The van der Waals surface area contributed by atoms with E-state index in [0.29, 0.717) is 31.7 Å². The number of hydrogen-bond donors (Lipinski definition) is 2. The van der Waals surface area contributed by atoms with Gasteiger partial charge in [0, 0.05) is 39.4 Å². The van der Waals surface area contributed by atoms with Gasteiger partial charge in [-0.15, -0.1) is 0 Å². The molecular formula is C15H20N6O2. The summed E-state index contributed by atoms with van der Waals surface area (Å²) in [6.45, 7) is 4.56. The highest BCUT2D eigenvalue weighted by Gasteiger charge is 2.26. The monoisotopic (exact) mass is 316 g/mol. The van der Waals surface area contributed by atoms with Crippen molar-refractivity contribution in [2.24, 2.45) is 0 Å². The lowest BCUT2D eigenvalue weighted by atomic mass is 10.2. The van der Waals surface area contributed by atoms with Crippen LogP contribution < -0.4 is 15.5 Å². The minimum Gasteiger partial charge on any atom is -0.354 e. The van der Waals surface area contributed by atoms with E-state index in [4.69, 9.17) is 5.26 Å². The molecule has 122 valence electrons. The molecule has 3 amide bonds. The third kappa shape index (κ3) is 4.17. The van der Waals surface area contributed by atoms with Crippen molar-refractivity contribution in [1.29, 1.82) is 5.26 Å². The maximum absolute atomic E-state index is 12.0. The third-order valence-corrected chi connectivity index (χ3v) is 3.90. The fourth-order valence-corrected chi connectivity index (χ4v) is 2.44. The Bertz CT molecular complexity index is 619. The van der Waals surface area contributed by atoms with Crippen LogP contribution in [0.4, 0.5) is 10.6 Å². The molecule has 2 heterocycles. The zero-order valence-corrected chi connectivity index (χ0v) is 13.2. The van der Waals surface area contributed by atoms with Crippen LogP contribution in [0.5, 0.6) is 0 Å². The van der Waals surface area contributed by atoms with Crippen LogP contribution in [0.15, 0.2) is 18.3 Å². The predicted octanol–water partition coefficient (Wildman–Crippen LogP) is -0.0806. The van der Waals surface area contributed by atoms with Gasteiger partial charge in [0.05, 0.1) is 17.7 Å². The summed E-state index contributed by atoms with van der Waals surface area (Å²) in [5.74, 6) is 0.452. The van der Waals surface area contributed by atoms with Gasteiger partial charge in [-0.2, -0.15) is 5.26 Å². The standard InChI is InChI=1S/C15H20N6O2/c1-11(14(22)19-15(23)17-2)20-5-7-21(8-6-20)13-9-12(10-16)3-4-18-13/h3-4,9,11H,5-8H2,1-2H3,(H2,17,19,22,23)/t11-/m1/s1. The summed E-state index contributed by atoms with van der Waals surface area (Å²) in [6.07, 6.45) is 1.62. The lowest BCUT2D eigenvalue weighted by Gasteiger charge is -2.37. The molecular weight excluding hydrogens is 296 g/mol. The largest absolute Gasteiger partial charge is 0.354 e. The number of anilines is 1. The van der Waals surface area contributed by atoms with Crippen LogP contribution in [0.1, 0.15) is 12.5 Å². The molecule has 1 saturated heterocycles. The van der Waals surface area contributed by atoms with Gasteiger partial charge in [0.15, 0.2) is 0 Å². The van der Waals surface area contributed by atoms with Gasteiger partial charge in [-0.05, 0) is 19.1 Å². The van der Waals surface area contributed by atoms with Crippen molar-refractivity contribution in [3.63, 3.8) is 0 Å². The molecule has 8 heteroatoms. The molecule has 1 aromatic heterocycles. The molecule has 23 heavy (non-hydrogen) atoms. The Morgan fingerprint density at radius 3 is 2.65 bits per heavy atom.